The van der Waals surface area contributed by atoms with Crippen molar-refractivity contribution in [3.63, 3.8) is 0 Å². The third kappa shape index (κ3) is 6.09. The highest BCUT2D eigenvalue weighted by molar-refractivity contribution is 6.30. The van der Waals surface area contributed by atoms with Gasteiger partial charge in [-0.1, -0.05) is 23.7 Å². The number of hydrogen-bond donors (Lipinski definition) is 2. The normalized spacial score (nSPS) is 15.4. The number of halogens is 2. The van der Waals surface area contributed by atoms with E-state index in [2.05, 4.69) is 15.5 Å². The van der Waals surface area contributed by atoms with E-state index in [-0.39, 0.29) is 18.3 Å². The summed E-state index contributed by atoms with van der Waals surface area (Å²) in [6.07, 6.45) is 0.838. The molecule has 1 fully saturated rings. The van der Waals surface area contributed by atoms with Crippen LogP contribution in [0.3, 0.4) is 0 Å². The minimum atomic E-state index is 0. The Morgan fingerprint density at radius 2 is 1.90 bits per heavy atom. The topological polar surface area (TPSA) is 44.4 Å². The van der Waals surface area contributed by atoms with Gasteiger partial charge in [0, 0.05) is 37.7 Å². The maximum atomic E-state index is 11.8. The Kier molecular flexibility index (Phi) is 7.92. The zero-order valence-electron chi connectivity index (χ0n) is 11.4. The molecule has 2 rings (SSSR count). The highest BCUT2D eigenvalue weighted by Crippen LogP contribution is 2.09. The average molecular weight is 318 g/mol. The number of amides is 1. The Labute approximate surface area is 131 Å². The van der Waals surface area contributed by atoms with Crippen LogP contribution < -0.4 is 10.6 Å². The van der Waals surface area contributed by atoms with E-state index >= 15 is 0 Å². The van der Waals surface area contributed by atoms with Crippen molar-refractivity contribution in [2.75, 3.05) is 39.3 Å². The van der Waals surface area contributed by atoms with Crippen LogP contribution in [0.15, 0.2) is 24.3 Å². The molecule has 0 spiro atoms. The Morgan fingerprint density at radius 3 is 2.55 bits per heavy atom. The van der Waals surface area contributed by atoms with Crippen molar-refractivity contribution in [1.29, 1.82) is 0 Å². The van der Waals surface area contributed by atoms with Crippen molar-refractivity contribution in [2.45, 2.75) is 6.42 Å². The minimum Gasteiger partial charge on any atom is -0.355 e. The third-order valence-corrected chi connectivity index (χ3v) is 3.48. The molecule has 112 valence electrons. The van der Waals surface area contributed by atoms with Gasteiger partial charge in [0.2, 0.25) is 5.91 Å². The van der Waals surface area contributed by atoms with E-state index in [9.17, 15) is 4.79 Å². The molecule has 4 nitrogen and oxygen atoms in total. The lowest BCUT2D eigenvalue weighted by atomic mass is 10.1. The SMILES string of the molecule is Cl.O=C(CN1CCNCC1)NCCc1ccc(Cl)cc1. The maximum Gasteiger partial charge on any atom is 0.234 e. The van der Waals surface area contributed by atoms with E-state index in [0.717, 1.165) is 37.6 Å². The van der Waals surface area contributed by atoms with Crippen LogP contribution in [0, 0.1) is 0 Å². The monoisotopic (exact) mass is 317 g/mol. The molecule has 1 aromatic rings. The largest absolute Gasteiger partial charge is 0.355 e. The van der Waals surface area contributed by atoms with Crippen LogP contribution in [0.1, 0.15) is 5.56 Å². The molecule has 1 aliphatic rings. The van der Waals surface area contributed by atoms with Gasteiger partial charge in [0.25, 0.3) is 0 Å². The smallest absolute Gasteiger partial charge is 0.234 e. The molecule has 1 heterocycles. The summed E-state index contributed by atoms with van der Waals surface area (Å²) in [4.78, 5) is 13.9. The second-order valence-electron chi connectivity index (χ2n) is 4.75. The van der Waals surface area contributed by atoms with Gasteiger partial charge >= 0.3 is 0 Å². The summed E-state index contributed by atoms with van der Waals surface area (Å²) in [7, 11) is 0. The fourth-order valence-electron chi connectivity index (χ4n) is 2.13. The van der Waals surface area contributed by atoms with E-state index in [1.807, 2.05) is 24.3 Å². The van der Waals surface area contributed by atoms with E-state index in [4.69, 9.17) is 11.6 Å². The third-order valence-electron chi connectivity index (χ3n) is 3.23. The second kappa shape index (κ2) is 9.19. The fourth-order valence-corrected chi connectivity index (χ4v) is 2.25. The lowest BCUT2D eigenvalue weighted by Gasteiger charge is -2.26. The maximum absolute atomic E-state index is 11.8. The van der Waals surface area contributed by atoms with Gasteiger partial charge in [-0.25, -0.2) is 0 Å². The van der Waals surface area contributed by atoms with Crippen LogP contribution in [-0.4, -0.2) is 50.1 Å². The molecule has 1 amide bonds. The Morgan fingerprint density at radius 1 is 1.25 bits per heavy atom. The van der Waals surface area contributed by atoms with Gasteiger partial charge in [-0.05, 0) is 24.1 Å². The van der Waals surface area contributed by atoms with Crippen molar-refractivity contribution >= 4 is 29.9 Å². The summed E-state index contributed by atoms with van der Waals surface area (Å²) >= 11 is 5.82. The van der Waals surface area contributed by atoms with Crippen molar-refractivity contribution in [3.05, 3.63) is 34.9 Å². The van der Waals surface area contributed by atoms with Gasteiger partial charge in [-0.15, -0.1) is 12.4 Å². The quantitative estimate of drug-likeness (QED) is 0.861. The lowest BCUT2D eigenvalue weighted by molar-refractivity contribution is -0.122. The molecule has 1 aliphatic heterocycles. The molecule has 0 unspecified atom stereocenters. The molecule has 0 bridgehead atoms. The number of nitrogens with one attached hydrogen (secondary N) is 2. The number of benzene rings is 1. The zero-order valence-corrected chi connectivity index (χ0v) is 13.0. The summed E-state index contributed by atoms with van der Waals surface area (Å²) < 4.78 is 0. The number of rotatable bonds is 5. The first-order valence-corrected chi connectivity index (χ1v) is 7.06. The lowest BCUT2D eigenvalue weighted by Crippen LogP contribution is -2.47. The zero-order chi connectivity index (χ0) is 13.5. The van der Waals surface area contributed by atoms with Gasteiger partial charge in [0.05, 0.1) is 6.54 Å². The van der Waals surface area contributed by atoms with E-state index < -0.39 is 0 Å². The molecule has 0 saturated carbocycles. The molecular formula is C14H21Cl2N3O. The molecule has 2 N–H and O–H groups in total. The van der Waals surface area contributed by atoms with Crippen LogP contribution in [0.2, 0.25) is 5.02 Å². The standard InChI is InChI=1S/C14H20ClN3O.ClH/c15-13-3-1-12(2-4-13)5-6-17-14(19)11-18-9-7-16-8-10-18;/h1-4,16H,5-11H2,(H,17,19);1H. The fraction of sp³-hybridized carbons (Fsp3) is 0.500. The van der Waals surface area contributed by atoms with Crippen molar-refractivity contribution in [1.82, 2.24) is 15.5 Å². The summed E-state index contributed by atoms with van der Waals surface area (Å²) in [6.45, 7) is 5.01. The van der Waals surface area contributed by atoms with Gasteiger partial charge < -0.3 is 10.6 Å². The van der Waals surface area contributed by atoms with Crippen LogP contribution in [-0.2, 0) is 11.2 Å². The molecule has 0 aliphatic carbocycles. The van der Waals surface area contributed by atoms with Crippen LogP contribution >= 0.6 is 24.0 Å². The Hall–Kier alpha value is -0.810. The summed E-state index contributed by atoms with van der Waals surface area (Å²) in [5, 5.41) is 6.97. The van der Waals surface area contributed by atoms with Crippen molar-refractivity contribution in [3.8, 4) is 0 Å². The van der Waals surface area contributed by atoms with Crippen molar-refractivity contribution < 1.29 is 4.79 Å². The molecule has 6 heteroatoms. The van der Waals surface area contributed by atoms with E-state index in [1.165, 1.54) is 5.56 Å². The predicted octanol–water partition coefficient (Wildman–Crippen LogP) is 1.33. The minimum absolute atomic E-state index is 0. The highest BCUT2D eigenvalue weighted by Gasteiger charge is 2.12. The molecule has 1 aromatic carbocycles. The van der Waals surface area contributed by atoms with Gasteiger partial charge in [-0.2, -0.15) is 0 Å². The van der Waals surface area contributed by atoms with Gasteiger partial charge in [0.1, 0.15) is 0 Å². The number of carbonyl (C=O) groups excluding carboxylic acids is 1. The Bertz CT molecular complexity index is 405. The van der Waals surface area contributed by atoms with E-state index in [0.29, 0.717) is 13.1 Å². The number of hydrogen-bond acceptors (Lipinski definition) is 3. The molecule has 20 heavy (non-hydrogen) atoms. The van der Waals surface area contributed by atoms with Crippen LogP contribution in [0.4, 0.5) is 0 Å². The predicted molar refractivity (Wildman–Crippen MR) is 84.7 cm³/mol. The number of nitrogens with zero attached hydrogens (tertiary/aromatic N) is 1. The van der Waals surface area contributed by atoms with Crippen LogP contribution in [0.5, 0.6) is 0 Å². The number of carbonyl (C=O) groups is 1. The summed E-state index contributed by atoms with van der Waals surface area (Å²) in [5.41, 5.74) is 1.19. The van der Waals surface area contributed by atoms with Gasteiger partial charge in [0.15, 0.2) is 0 Å². The van der Waals surface area contributed by atoms with Crippen LogP contribution in [0.25, 0.3) is 0 Å². The first-order chi connectivity index (χ1) is 9.24. The molecule has 0 atom stereocenters. The highest BCUT2D eigenvalue weighted by atomic mass is 35.5. The van der Waals surface area contributed by atoms with E-state index in [1.54, 1.807) is 0 Å². The first kappa shape index (κ1) is 17.2. The van der Waals surface area contributed by atoms with Gasteiger partial charge in [-0.3, -0.25) is 9.69 Å². The molecule has 0 aromatic heterocycles. The molecule has 1 saturated heterocycles. The first-order valence-electron chi connectivity index (χ1n) is 6.68. The Balaban J connectivity index is 0.00000200. The van der Waals surface area contributed by atoms with Crippen molar-refractivity contribution in [2.24, 2.45) is 0 Å². The number of piperazine rings is 1. The second-order valence-corrected chi connectivity index (χ2v) is 5.19. The molecule has 0 radical (unpaired) electrons. The summed E-state index contributed by atoms with van der Waals surface area (Å²) in [5.74, 6) is 0.107. The summed E-state index contributed by atoms with van der Waals surface area (Å²) in [6, 6.07) is 7.73. The average Bonchev–Trinajstić information content (AvgIpc) is 2.42. The molecular weight excluding hydrogens is 297 g/mol.